The maximum Gasteiger partial charge on any atom is 0.472 e. The number of phosphoric ester groups is 1. The third-order valence-corrected chi connectivity index (χ3v) is 18.3. The summed E-state index contributed by atoms with van der Waals surface area (Å²) in [5, 5.41) is 0. The summed E-state index contributed by atoms with van der Waals surface area (Å²) >= 11 is 0. The van der Waals surface area contributed by atoms with Gasteiger partial charge in [0.2, 0.25) is 0 Å². The number of nitrogens with zero attached hydrogens (tertiary/aromatic N) is 1. The van der Waals surface area contributed by atoms with E-state index >= 15 is 0 Å². The molecule has 10 heteroatoms. The molecule has 0 aliphatic heterocycles. The van der Waals surface area contributed by atoms with Crippen molar-refractivity contribution >= 4 is 19.8 Å². The van der Waals surface area contributed by atoms with E-state index in [0.29, 0.717) is 17.4 Å². The second-order valence-electron chi connectivity index (χ2n) is 28.1. The van der Waals surface area contributed by atoms with Gasteiger partial charge in [0, 0.05) is 12.8 Å². The monoisotopic (exact) mass is 1380 g/mol. The highest BCUT2D eigenvalue weighted by Crippen LogP contribution is 2.43. The molecule has 0 amide bonds. The van der Waals surface area contributed by atoms with Gasteiger partial charge in [0.15, 0.2) is 6.10 Å². The summed E-state index contributed by atoms with van der Waals surface area (Å²) in [4.78, 5) is 36.0. The number of quaternary nitrogens is 1. The molecule has 0 saturated heterocycles. The molecule has 0 aromatic heterocycles. The van der Waals surface area contributed by atoms with Crippen LogP contribution in [0.25, 0.3) is 0 Å². The van der Waals surface area contributed by atoms with Crippen LogP contribution >= 0.6 is 7.82 Å². The van der Waals surface area contributed by atoms with E-state index in [0.717, 1.165) is 128 Å². The molecule has 2 atom stereocenters. The Kier molecular flexibility index (Phi) is 73.8. The van der Waals surface area contributed by atoms with Gasteiger partial charge in [-0.05, 0) is 122 Å². The molecule has 0 saturated carbocycles. The van der Waals surface area contributed by atoms with Crippen molar-refractivity contribution in [3.8, 4) is 0 Å². The first-order chi connectivity index (χ1) is 48.0. The van der Waals surface area contributed by atoms with Crippen molar-refractivity contribution in [1.29, 1.82) is 0 Å². The average Bonchev–Trinajstić information content (AvgIpc) is 1.08. The minimum Gasteiger partial charge on any atom is -0.462 e. The molecule has 0 radical (unpaired) electrons. The minimum atomic E-state index is -4.41. The van der Waals surface area contributed by atoms with Crippen molar-refractivity contribution < 1.29 is 42.1 Å². The number of allylic oxidation sites excluding steroid dienone is 24. The summed E-state index contributed by atoms with van der Waals surface area (Å²) in [6.45, 7) is 4.32. The largest absolute Gasteiger partial charge is 0.472 e. The predicted octanol–water partition coefficient (Wildman–Crippen LogP) is 27.3. The number of unbranched alkanes of at least 4 members (excludes halogenated alkanes) is 36. The first-order valence-corrected chi connectivity index (χ1v) is 42.1. The Balaban J connectivity index is 4.03. The summed E-state index contributed by atoms with van der Waals surface area (Å²) in [7, 11) is 1.46. The van der Waals surface area contributed by atoms with Crippen LogP contribution in [0, 0.1) is 0 Å². The van der Waals surface area contributed by atoms with Gasteiger partial charge in [0.25, 0.3) is 0 Å². The second kappa shape index (κ2) is 77.1. The fourth-order valence-corrected chi connectivity index (χ4v) is 11.9. The van der Waals surface area contributed by atoms with Crippen molar-refractivity contribution in [2.45, 2.75) is 354 Å². The van der Waals surface area contributed by atoms with E-state index in [2.05, 4.69) is 160 Å². The molecule has 9 nitrogen and oxygen atoms in total. The van der Waals surface area contributed by atoms with Gasteiger partial charge in [-0.3, -0.25) is 18.6 Å². The van der Waals surface area contributed by atoms with Crippen LogP contribution in [0.3, 0.4) is 0 Å². The van der Waals surface area contributed by atoms with E-state index in [9.17, 15) is 19.0 Å². The maximum absolute atomic E-state index is 12.9. The number of hydrogen-bond acceptors (Lipinski definition) is 7. The van der Waals surface area contributed by atoms with Gasteiger partial charge in [0.05, 0.1) is 27.7 Å². The Morgan fingerprint density at radius 3 is 0.867 bits per heavy atom. The molecule has 1 N–H and O–H groups in total. The van der Waals surface area contributed by atoms with E-state index in [-0.39, 0.29) is 32.0 Å². The zero-order valence-electron chi connectivity index (χ0n) is 64.2. The predicted molar refractivity (Wildman–Crippen MR) is 427 cm³/mol. The van der Waals surface area contributed by atoms with Crippen LogP contribution < -0.4 is 0 Å². The molecular formula is C88H153NO8P+. The summed E-state index contributed by atoms with van der Waals surface area (Å²) in [6.07, 6.45) is 114. The Hall–Kier alpha value is -4.11. The Morgan fingerprint density at radius 2 is 0.582 bits per heavy atom. The zero-order valence-corrected chi connectivity index (χ0v) is 65.1. The lowest BCUT2D eigenvalue weighted by atomic mass is 10.0. The third-order valence-electron chi connectivity index (χ3n) is 17.4. The first-order valence-electron chi connectivity index (χ1n) is 40.6. The van der Waals surface area contributed by atoms with Crippen LogP contribution in [0.15, 0.2) is 146 Å². The third kappa shape index (κ3) is 80.9. The highest BCUT2D eigenvalue weighted by molar-refractivity contribution is 7.47. The molecule has 0 bridgehead atoms. The standard InChI is InChI=1S/C88H152NO8P/c1-6-8-10-12-14-16-18-20-22-24-26-28-30-32-34-36-38-40-42-44-46-48-50-52-54-56-58-60-62-64-66-68-70-72-74-76-78-80-87(90)94-84-86(85-96-98(92,93)95-83-82-89(3,4)5)97-88(91)81-79-77-75-73-71-69-67-65-63-61-59-57-55-53-51-49-47-45-43-41-39-37-35-33-31-29-27-25-23-21-19-17-15-13-11-9-7-2/h9,11,15,17-18,20-21,23-24,26-27,29,33,35,39,41,45,47,51,53,57,59,63,65,86H,6-8,10,12-14,16,19,22,25,28,30-32,34,36-38,40,42-44,46,48-50,52,54-56,58,60-62,64,66-85H2,1-5H3/p+1/b11-9-,17-15-,20-18-,23-21-,26-24-,29-27-,35-33-,41-39-,47-45-,53-51-,59-57-,65-63-. The molecule has 0 aliphatic rings. The van der Waals surface area contributed by atoms with Gasteiger partial charge < -0.3 is 18.9 Å². The number of carbonyl (C=O) groups excluding carboxylic acids is 2. The highest BCUT2D eigenvalue weighted by atomic mass is 31.2. The van der Waals surface area contributed by atoms with Crippen molar-refractivity contribution in [3.63, 3.8) is 0 Å². The number of ether oxygens (including phenoxy) is 2. The van der Waals surface area contributed by atoms with Crippen LogP contribution in [-0.2, 0) is 32.7 Å². The van der Waals surface area contributed by atoms with Crippen LogP contribution in [0.5, 0.6) is 0 Å². The molecule has 0 aromatic carbocycles. The summed E-state index contributed by atoms with van der Waals surface area (Å²) in [6, 6.07) is 0. The summed E-state index contributed by atoms with van der Waals surface area (Å²) in [5.41, 5.74) is 0. The number of rotatable bonds is 74. The molecule has 2 unspecified atom stereocenters. The molecule has 0 fully saturated rings. The normalized spacial score (nSPS) is 13.8. The maximum atomic E-state index is 12.9. The van der Waals surface area contributed by atoms with Crippen molar-refractivity contribution in [3.05, 3.63) is 146 Å². The van der Waals surface area contributed by atoms with Gasteiger partial charge in [-0.25, -0.2) is 4.57 Å². The van der Waals surface area contributed by atoms with Gasteiger partial charge >= 0.3 is 19.8 Å². The average molecular weight is 1380 g/mol. The first kappa shape index (κ1) is 93.9. The quantitative estimate of drug-likeness (QED) is 0.0211. The number of phosphoric acid groups is 1. The molecule has 0 aliphatic carbocycles. The van der Waals surface area contributed by atoms with Crippen LogP contribution in [-0.4, -0.2) is 74.9 Å². The van der Waals surface area contributed by atoms with Gasteiger partial charge in [-0.1, -0.05) is 359 Å². The van der Waals surface area contributed by atoms with Crippen LogP contribution in [0.2, 0.25) is 0 Å². The topological polar surface area (TPSA) is 108 Å². The van der Waals surface area contributed by atoms with E-state index in [1.165, 1.54) is 186 Å². The van der Waals surface area contributed by atoms with Gasteiger partial charge in [-0.15, -0.1) is 0 Å². The van der Waals surface area contributed by atoms with E-state index in [1.807, 2.05) is 21.1 Å². The molecule has 0 aromatic rings. The van der Waals surface area contributed by atoms with Crippen LogP contribution in [0.1, 0.15) is 348 Å². The van der Waals surface area contributed by atoms with Gasteiger partial charge in [0.1, 0.15) is 19.8 Å². The lowest BCUT2D eigenvalue weighted by molar-refractivity contribution is -0.870. The Labute approximate surface area is 605 Å². The highest BCUT2D eigenvalue weighted by Gasteiger charge is 2.27. The minimum absolute atomic E-state index is 0.0231. The molecule has 562 valence electrons. The number of likely N-dealkylation sites (N-methyl/N-ethyl adjacent to an activating group) is 1. The Morgan fingerprint density at radius 1 is 0.327 bits per heavy atom. The molecule has 0 spiro atoms. The fraction of sp³-hybridized carbons (Fsp3) is 0.705. The molecule has 0 heterocycles. The lowest BCUT2D eigenvalue weighted by Crippen LogP contribution is -2.37. The number of esters is 2. The number of carbonyl (C=O) groups is 2. The van der Waals surface area contributed by atoms with Crippen molar-refractivity contribution in [2.75, 3.05) is 47.5 Å². The SMILES string of the molecule is CC/C=C\C/C=C\C/C=C\C/C=C\C/C=C\C/C=C\C/C=C\C/C=C\C/C=C\C/C=C\CCCCCCCCC(=O)OC(COC(=O)CCCCCCCCCCCCCCCCCCCCCCCCCCC/C=C\C/C=C\CCCCCCC)COP(=O)(O)OCC[N+](C)(C)C. The zero-order chi connectivity index (χ0) is 71.1. The lowest BCUT2D eigenvalue weighted by Gasteiger charge is -2.24. The van der Waals surface area contributed by atoms with Gasteiger partial charge in [-0.2, -0.15) is 0 Å². The second-order valence-corrected chi connectivity index (χ2v) is 29.5. The Bertz CT molecular complexity index is 2170. The molecule has 0 rings (SSSR count). The van der Waals surface area contributed by atoms with Crippen molar-refractivity contribution in [1.82, 2.24) is 0 Å². The fourth-order valence-electron chi connectivity index (χ4n) is 11.2. The molecular weight excluding hydrogens is 1230 g/mol. The smallest absolute Gasteiger partial charge is 0.462 e. The molecule has 98 heavy (non-hydrogen) atoms. The summed E-state index contributed by atoms with van der Waals surface area (Å²) < 4.78 is 34.8. The van der Waals surface area contributed by atoms with Crippen LogP contribution in [0.4, 0.5) is 0 Å². The van der Waals surface area contributed by atoms with E-state index < -0.39 is 26.5 Å². The van der Waals surface area contributed by atoms with E-state index in [1.54, 1.807) is 0 Å². The summed E-state index contributed by atoms with van der Waals surface area (Å²) in [5.74, 6) is -0.810. The number of hydrogen-bond donors (Lipinski definition) is 1. The van der Waals surface area contributed by atoms with Crippen molar-refractivity contribution in [2.24, 2.45) is 0 Å². The van der Waals surface area contributed by atoms with E-state index in [4.69, 9.17) is 18.5 Å².